The number of hydrogen-bond donors (Lipinski definition) is 1. The number of halogens is 1. The Bertz CT molecular complexity index is 1500. The summed E-state index contributed by atoms with van der Waals surface area (Å²) in [5.74, 6) is 1.18. The summed E-state index contributed by atoms with van der Waals surface area (Å²) in [7, 11) is 3.01. The van der Waals surface area contributed by atoms with E-state index in [1.165, 1.54) is 14.2 Å². The third-order valence-electron chi connectivity index (χ3n) is 5.42. The first kappa shape index (κ1) is 22.4. The van der Waals surface area contributed by atoms with Crippen molar-refractivity contribution >= 4 is 34.2 Å². The smallest absolute Gasteiger partial charge is 0.256 e. The fourth-order valence-corrected chi connectivity index (χ4v) is 3.95. The zero-order valence-corrected chi connectivity index (χ0v) is 19.6. The molecular weight excluding hydrogens is 470 g/mol. The highest BCUT2D eigenvalue weighted by Crippen LogP contribution is 2.36. The SMILES string of the molecule is COc1cc(OC)c(NC(=O)c2cc(-c3cccnc3)nc3c2cnn3Cc2ccco2)cc1Cl. The maximum Gasteiger partial charge on any atom is 0.256 e. The molecule has 0 atom stereocenters. The van der Waals surface area contributed by atoms with Gasteiger partial charge in [-0.3, -0.25) is 9.78 Å². The van der Waals surface area contributed by atoms with Gasteiger partial charge in [0.1, 0.15) is 23.8 Å². The van der Waals surface area contributed by atoms with Crippen molar-refractivity contribution in [3.8, 4) is 22.8 Å². The Morgan fingerprint density at radius 1 is 1.11 bits per heavy atom. The highest BCUT2D eigenvalue weighted by molar-refractivity contribution is 6.32. The van der Waals surface area contributed by atoms with Gasteiger partial charge in [0.25, 0.3) is 5.91 Å². The second-order valence-corrected chi connectivity index (χ2v) is 7.96. The number of amides is 1. The molecule has 0 aliphatic rings. The molecule has 10 heteroatoms. The summed E-state index contributed by atoms with van der Waals surface area (Å²) in [6.07, 6.45) is 6.58. The minimum atomic E-state index is -0.375. The van der Waals surface area contributed by atoms with Crippen molar-refractivity contribution in [2.24, 2.45) is 0 Å². The molecule has 5 rings (SSSR count). The van der Waals surface area contributed by atoms with E-state index < -0.39 is 0 Å². The quantitative estimate of drug-likeness (QED) is 0.341. The molecular formula is C25H20ClN5O4. The maximum atomic E-state index is 13.5. The van der Waals surface area contributed by atoms with Crippen LogP contribution in [-0.4, -0.2) is 39.9 Å². The molecule has 0 aliphatic carbocycles. The van der Waals surface area contributed by atoms with Crippen molar-refractivity contribution < 1.29 is 18.7 Å². The van der Waals surface area contributed by atoms with Crippen LogP contribution in [-0.2, 0) is 6.54 Å². The Labute approximate surface area is 205 Å². The predicted octanol–water partition coefficient (Wildman–Crippen LogP) is 5.06. The van der Waals surface area contributed by atoms with Crippen molar-refractivity contribution in [2.75, 3.05) is 19.5 Å². The van der Waals surface area contributed by atoms with Gasteiger partial charge in [0.2, 0.25) is 0 Å². The number of rotatable bonds is 7. The molecule has 1 amide bonds. The summed E-state index contributed by atoms with van der Waals surface area (Å²) in [6, 6.07) is 12.3. The van der Waals surface area contributed by atoms with Gasteiger partial charge in [-0.2, -0.15) is 5.10 Å². The number of nitrogens with one attached hydrogen (secondary N) is 1. The summed E-state index contributed by atoms with van der Waals surface area (Å²) in [4.78, 5) is 22.5. The molecule has 0 saturated heterocycles. The van der Waals surface area contributed by atoms with E-state index in [9.17, 15) is 4.79 Å². The fraction of sp³-hybridized carbons (Fsp3) is 0.120. The lowest BCUT2D eigenvalue weighted by molar-refractivity contribution is 0.102. The van der Waals surface area contributed by atoms with Crippen LogP contribution < -0.4 is 14.8 Å². The van der Waals surface area contributed by atoms with Crippen molar-refractivity contribution in [3.05, 3.63) is 83.7 Å². The van der Waals surface area contributed by atoms with Crippen molar-refractivity contribution in [1.82, 2.24) is 19.7 Å². The van der Waals surface area contributed by atoms with Crippen LogP contribution in [0.3, 0.4) is 0 Å². The number of nitrogens with zero attached hydrogens (tertiary/aromatic N) is 4. The number of carbonyl (C=O) groups excluding carboxylic acids is 1. The van der Waals surface area contributed by atoms with E-state index in [0.717, 1.165) is 5.56 Å². The van der Waals surface area contributed by atoms with Crippen LogP contribution in [0.5, 0.6) is 11.5 Å². The lowest BCUT2D eigenvalue weighted by atomic mass is 10.1. The van der Waals surface area contributed by atoms with Crippen LogP contribution in [0.2, 0.25) is 5.02 Å². The van der Waals surface area contributed by atoms with Crippen LogP contribution in [0.4, 0.5) is 5.69 Å². The molecule has 4 heterocycles. The number of furan rings is 1. The van der Waals surface area contributed by atoms with Crippen molar-refractivity contribution in [2.45, 2.75) is 6.54 Å². The molecule has 0 aliphatic heterocycles. The van der Waals surface area contributed by atoms with E-state index in [1.54, 1.807) is 47.7 Å². The standard InChI is InChI=1S/C25H20ClN5O4/c1-33-22-11-23(34-2)21(10-19(22)26)30-25(32)17-9-20(15-5-3-7-27-12-15)29-24-18(17)13-28-31(24)14-16-6-4-8-35-16/h3-13H,14H2,1-2H3,(H,30,32). The first-order chi connectivity index (χ1) is 17.1. The van der Waals surface area contributed by atoms with Crippen LogP contribution in [0.15, 0.2) is 71.7 Å². The second kappa shape index (κ2) is 9.47. The number of methoxy groups -OCH3 is 2. The lowest BCUT2D eigenvalue weighted by Gasteiger charge is -2.14. The molecule has 0 spiro atoms. The Balaban J connectivity index is 1.60. The number of fused-ring (bicyclic) bond motifs is 1. The fourth-order valence-electron chi connectivity index (χ4n) is 3.71. The molecule has 0 bridgehead atoms. The van der Waals surface area contributed by atoms with E-state index in [1.807, 2.05) is 24.3 Å². The van der Waals surface area contributed by atoms with Crippen LogP contribution in [0, 0.1) is 0 Å². The largest absolute Gasteiger partial charge is 0.495 e. The monoisotopic (exact) mass is 489 g/mol. The first-order valence-electron chi connectivity index (χ1n) is 10.6. The third kappa shape index (κ3) is 4.41. The summed E-state index contributed by atoms with van der Waals surface area (Å²) in [5.41, 5.74) is 2.66. The Hall–Kier alpha value is -4.37. The summed E-state index contributed by atoms with van der Waals surface area (Å²) < 4.78 is 17.8. The van der Waals surface area contributed by atoms with Gasteiger partial charge in [0.05, 0.1) is 54.0 Å². The Kier molecular flexibility index (Phi) is 6.07. The van der Waals surface area contributed by atoms with Gasteiger partial charge in [0, 0.05) is 24.0 Å². The highest BCUT2D eigenvalue weighted by atomic mass is 35.5. The number of carbonyl (C=O) groups is 1. The van der Waals surface area contributed by atoms with Gasteiger partial charge >= 0.3 is 0 Å². The van der Waals surface area contributed by atoms with Gasteiger partial charge in [-0.05, 0) is 36.4 Å². The van der Waals surface area contributed by atoms with Crippen molar-refractivity contribution in [1.29, 1.82) is 0 Å². The van der Waals surface area contributed by atoms with Gasteiger partial charge in [-0.1, -0.05) is 11.6 Å². The van der Waals surface area contributed by atoms with Crippen LogP contribution in [0.25, 0.3) is 22.3 Å². The number of hydrogen-bond acceptors (Lipinski definition) is 7. The topological polar surface area (TPSA) is 104 Å². The third-order valence-corrected chi connectivity index (χ3v) is 5.71. The zero-order chi connectivity index (χ0) is 24.4. The van der Waals surface area contributed by atoms with E-state index in [0.29, 0.717) is 56.8 Å². The molecule has 1 aromatic carbocycles. The van der Waals surface area contributed by atoms with Crippen LogP contribution >= 0.6 is 11.6 Å². The predicted molar refractivity (Wildman–Crippen MR) is 131 cm³/mol. The number of benzene rings is 1. The van der Waals surface area contributed by atoms with Gasteiger partial charge in [-0.15, -0.1) is 0 Å². The molecule has 0 radical (unpaired) electrons. The highest BCUT2D eigenvalue weighted by Gasteiger charge is 2.20. The molecule has 4 aromatic heterocycles. The summed E-state index contributed by atoms with van der Waals surface area (Å²) in [6.45, 7) is 0.364. The second-order valence-electron chi connectivity index (χ2n) is 7.56. The number of pyridine rings is 2. The van der Waals surface area contributed by atoms with E-state index in [-0.39, 0.29) is 5.91 Å². The molecule has 0 unspecified atom stereocenters. The van der Waals surface area contributed by atoms with Crippen LogP contribution in [0.1, 0.15) is 16.1 Å². The average Bonchev–Trinajstić information content (AvgIpc) is 3.54. The Morgan fingerprint density at radius 3 is 2.69 bits per heavy atom. The minimum absolute atomic E-state index is 0.339. The molecule has 5 aromatic rings. The van der Waals surface area contributed by atoms with E-state index >= 15 is 0 Å². The summed E-state index contributed by atoms with van der Waals surface area (Å²) in [5, 5.41) is 8.28. The van der Waals surface area contributed by atoms with E-state index in [2.05, 4.69) is 15.4 Å². The zero-order valence-electron chi connectivity index (χ0n) is 18.9. The number of anilines is 1. The van der Waals surface area contributed by atoms with E-state index in [4.69, 9.17) is 30.5 Å². The van der Waals surface area contributed by atoms with Gasteiger partial charge in [0.15, 0.2) is 5.65 Å². The van der Waals surface area contributed by atoms with Crippen molar-refractivity contribution in [3.63, 3.8) is 0 Å². The minimum Gasteiger partial charge on any atom is -0.495 e. The number of aromatic nitrogens is 4. The average molecular weight is 490 g/mol. The van der Waals surface area contributed by atoms with Gasteiger partial charge in [-0.25, -0.2) is 9.67 Å². The first-order valence-corrected chi connectivity index (χ1v) is 11.0. The molecule has 0 fully saturated rings. The number of ether oxygens (including phenoxy) is 2. The summed E-state index contributed by atoms with van der Waals surface area (Å²) >= 11 is 6.29. The maximum absolute atomic E-state index is 13.5. The molecule has 0 saturated carbocycles. The molecule has 9 nitrogen and oxygen atoms in total. The van der Waals surface area contributed by atoms with Gasteiger partial charge < -0.3 is 19.2 Å². The molecule has 176 valence electrons. The lowest BCUT2D eigenvalue weighted by Crippen LogP contribution is -2.14. The Morgan fingerprint density at radius 2 is 1.97 bits per heavy atom. The molecule has 35 heavy (non-hydrogen) atoms. The normalized spacial score (nSPS) is 10.9. The molecule has 1 N–H and O–H groups in total.